The van der Waals surface area contributed by atoms with Crippen LogP contribution in [-0.2, 0) is 22.2 Å². The predicted molar refractivity (Wildman–Crippen MR) is 74.3 cm³/mol. The van der Waals surface area contributed by atoms with E-state index in [2.05, 4.69) is 9.72 Å². The number of nitrogens with zero attached hydrogens (tertiary/aromatic N) is 3. The Morgan fingerprint density at radius 2 is 2.04 bits per heavy atom. The number of alkyl halides is 3. The number of halogens is 3. The van der Waals surface area contributed by atoms with E-state index in [0.29, 0.717) is 13.1 Å². The average Bonchev–Trinajstić information content (AvgIpc) is 3.13. The van der Waals surface area contributed by atoms with Gasteiger partial charge >= 0.3 is 12.1 Å². The van der Waals surface area contributed by atoms with E-state index in [4.69, 9.17) is 0 Å². The summed E-state index contributed by atoms with van der Waals surface area (Å²) in [6.45, 7) is 0.930. The van der Waals surface area contributed by atoms with E-state index in [1.54, 1.807) is 4.90 Å². The number of carbonyl (C=O) groups excluding carboxylic acids is 1. The molecule has 130 valence electrons. The summed E-state index contributed by atoms with van der Waals surface area (Å²) in [4.78, 5) is 17.4. The lowest BCUT2D eigenvalue weighted by Crippen LogP contribution is -2.56. The molecule has 2 heterocycles. The highest BCUT2D eigenvalue weighted by atomic mass is 19.4. The van der Waals surface area contributed by atoms with Crippen LogP contribution in [0.5, 0.6) is 0 Å². The molecular formula is C14H20F3N3O3. The largest absolute Gasteiger partial charge is 0.469 e. The van der Waals surface area contributed by atoms with Crippen molar-refractivity contribution in [3.05, 3.63) is 18.2 Å². The second kappa shape index (κ2) is 6.48. The SMILES string of the molecule is COC(=O)[C@H](CN1CCCC1)[C@](O)(c1nccn1C)C(F)(F)F. The molecule has 0 aromatic carbocycles. The normalized spacial score (nSPS) is 20.3. The van der Waals surface area contributed by atoms with Crippen LogP contribution in [0.25, 0.3) is 0 Å². The van der Waals surface area contributed by atoms with Crippen molar-refractivity contribution in [1.29, 1.82) is 0 Å². The standard InChI is InChI=1S/C14H20F3N3O3/c1-19-8-5-18-12(19)13(22,14(15,16)17)10(11(21)23-2)9-20-6-3-4-7-20/h5,8,10,22H,3-4,6-7,9H2,1-2H3/t10-,13-/m0/s1. The van der Waals surface area contributed by atoms with Gasteiger partial charge in [-0.3, -0.25) is 4.79 Å². The quantitative estimate of drug-likeness (QED) is 0.815. The Morgan fingerprint density at radius 3 is 2.48 bits per heavy atom. The van der Waals surface area contributed by atoms with Crippen LogP contribution in [0.15, 0.2) is 12.4 Å². The lowest BCUT2D eigenvalue weighted by Gasteiger charge is -2.37. The molecule has 1 fully saturated rings. The molecule has 0 unspecified atom stereocenters. The number of likely N-dealkylation sites (tertiary alicyclic amines) is 1. The maximum absolute atomic E-state index is 13.7. The molecule has 23 heavy (non-hydrogen) atoms. The topological polar surface area (TPSA) is 67.6 Å². The number of hydrogen-bond acceptors (Lipinski definition) is 5. The molecule has 0 saturated carbocycles. The number of carbonyl (C=O) groups is 1. The van der Waals surface area contributed by atoms with Gasteiger partial charge in [-0.1, -0.05) is 0 Å². The van der Waals surface area contributed by atoms with Gasteiger partial charge in [0.2, 0.25) is 5.60 Å². The Kier molecular flexibility index (Phi) is 5.00. The minimum atomic E-state index is -5.08. The second-order valence-corrected chi connectivity index (χ2v) is 5.71. The first-order valence-corrected chi connectivity index (χ1v) is 7.29. The smallest absolute Gasteiger partial charge is 0.425 e. The Bertz CT molecular complexity index is 555. The lowest BCUT2D eigenvalue weighted by atomic mass is 9.84. The first-order chi connectivity index (χ1) is 10.7. The summed E-state index contributed by atoms with van der Waals surface area (Å²) >= 11 is 0. The van der Waals surface area contributed by atoms with Crippen LogP contribution in [0, 0.1) is 5.92 Å². The van der Waals surface area contributed by atoms with E-state index in [-0.39, 0.29) is 6.54 Å². The fourth-order valence-electron chi connectivity index (χ4n) is 2.96. The van der Waals surface area contributed by atoms with Crippen LogP contribution in [0.1, 0.15) is 18.7 Å². The van der Waals surface area contributed by atoms with Crippen LogP contribution >= 0.6 is 0 Å². The summed E-state index contributed by atoms with van der Waals surface area (Å²) in [5.41, 5.74) is -3.42. The highest BCUT2D eigenvalue weighted by Gasteiger charge is 2.64. The van der Waals surface area contributed by atoms with E-state index >= 15 is 0 Å². The Labute approximate surface area is 131 Å². The van der Waals surface area contributed by atoms with E-state index in [0.717, 1.165) is 30.7 Å². The molecule has 0 aliphatic carbocycles. The monoisotopic (exact) mass is 335 g/mol. The minimum absolute atomic E-state index is 0.241. The van der Waals surface area contributed by atoms with Crippen molar-refractivity contribution in [1.82, 2.24) is 14.5 Å². The molecule has 1 aliphatic rings. The summed E-state index contributed by atoms with van der Waals surface area (Å²) in [6.07, 6.45) is -0.946. The zero-order valence-corrected chi connectivity index (χ0v) is 13.0. The summed E-state index contributed by atoms with van der Waals surface area (Å²) in [6, 6.07) is 0. The summed E-state index contributed by atoms with van der Waals surface area (Å²) in [5.74, 6) is -3.55. The Balaban J connectivity index is 2.48. The fraction of sp³-hybridized carbons (Fsp3) is 0.714. The third-order valence-corrected chi connectivity index (χ3v) is 4.22. The molecule has 0 spiro atoms. The number of esters is 1. The summed E-state index contributed by atoms with van der Waals surface area (Å²) < 4.78 is 46.8. The van der Waals surface area contributed by atoms with Gasteiger partial charge < -0.3 is 19.3 Å². The van der Waals surface area contributed by atoms with Gasteiger partial charge in [0, 0.05) is 26.0 Å². The van der Waals surface area contributed by atoms with Crippen LogP contribution in [0.3, 0.4) is 0 Å². The number of rotatable bonds is 5. The van der Waals surface area contributed by atoms with Crippen LogP contribution < -0.4 is 0 Å². The van der Waals surface area contributed by atoms with Gasteiger partial charge in [0.25, 0.3) is 0 Å². The average molecular weight is 335 g/mol. The molecule has 1 N–H and O–H groups in total. The van der Waals surface area contributed by atoms with Gasteiger partial charge in [0.1, 0.15) is 5.92 Å². The van der Waals surface area contributed by atoms with Crippen molar-refractivity contribution >= 4 is 5.97 Å². The van der Waals surface area contributed by atoms with Crippen LogP contribution in [-0.4, -0.2) is 58.4 Å². The first kappa shape index (κ1) is 17.7. The molecule has 1 aromatic heterocycles. The zero-order valence-electron chi connectivity index (χ0n) is 13.0. The Morgan fingerprint density at radius 1 is 1.43 bits per heavy atom. The third kappa shape index (κ3) is 3.20. The van der Waals surface area contributed by atoms with Gasteiger partial charge in [-0.2, -0.15) is 13.2 Å². The summed E-state index contributed by atoms with van der Waals surface area (Å²) in [5, 5.41) is 10.6. The molecule has 0 bridgehead atoms. The molecule has 0 amide bonds. The maximum atomic E-state index is 13.7. The van der Waals surface area contributed by atoms with Crippen molar-refractivity contribution in [3.63, 3.8) is 0 Å². The van der Waals surface area contributed by atoms with Gasteiger partial charge in [0.15, 0.2) is 5.82 Å². The van der Waals surface area contributed by atoms with E-state index < -0.39 is 29.5 Å². The van der Waals surface area contributed by atoms with Gasteiger partial charge in [0.05, 0.1) is 7.11 Å². The first-order valence-electron chi connectivity index (χ1n) is 7.29. The molecule has 2 rings (SSSR count). The highest BCUT2D eigenvalue weighted by molar-refractivity contribution is 5.74. The number of methoxy groups -OCH3 is 1. The van der Waals surface area contributed by atoms with Crippen molar-refractivity contribution in [2.24, 2.45) is 13.0 Å². The Hall–Kier alpha value is -1.61. The predicted octanol–water partition coefficient (Wildman–Crippen LogP) is 1.05. The zero-order chi connectivity index (χ0) is 17.3. The number of imidazole rings is 1. The summed E-state index contributed by atoms with van der Waals surface area (Å²) in [7, 11) is 2.35. The second-order valence-electron chi connectivity index (χ2n) is 5.71. The van der Waals surface area contributed by atoms with Crippen molar-refractivity contribution in [3.8, 4) is 0 Å². The number of aromatic nitrogens is 2. The maximum Gasteiger partial charge on any atom is 0.425 e. The molecule has 0 radical (unpaired) electrons. The highest BCUT2D eigenvalue weighted by Crippen LogP contribution is 2.44. The van der Waals surface area contributed by atoms with Gasteiger partial charge in [-0.15, -0.1) is 0 Å². The fourth-order valence-corrected chi connectivity index (χ4v) is 2.96. The third-order valence-electron chi connectivity index (χ3n) is 4.22. The molecule has 9 heteroatoms. The lowest BCUT2D eigenvalue weighted by molar-refractivity contribution is -0.291. The molecule has 2 atom stereocenters. The van der Waals surface area contributed by atoms with Crippen molar-refractivity contribution in [2.75, 3.05) is 26.7 Å². The number of aliphatic hydroxyl groups is 1. The van der Waals surface area contributed by atoms with Crippen LogP contribution in [0.4, 0.5) is 13.2 Å². The molecule has 1 saturated heterocycles. The van der Waals surface area contributed by atoms with Crippen molar-refractivity contribution in [2.45, 2.75) is 24.6 Å². The van der Waals surface area contributed by atoms with Crippen molar-refractivity contribution < 1.29 is 27.8 Å². The number of hydrogen-bond donors (Lipinski definition) is 1. The van der Waals surface area contributed by atoms with Crippen LogP contribution in [0.2, 0.25) is 0 Å². The van der Waals surface area contributed by atoms with Gasteiger partial charge in [-0.05, 0) is 25.9 Å². The molecular weight excluding hydrogens is 315 g/mol. The molecule has 1 aliphatic heterocycles. The molecule has 1 aromatic rings. The molecule has 6 nitrogen and oxygen atoms in total. The van der Waals surface area contributed by atoms with E-state index in [9.17, 15) is 23.1 Å². The van der Waals surface area contributed by atoms with E-state index in [1.165, 1.54) is 13.2 Å². The number of aryl methyl sites for hydroxylation is 1. The minimum Gasteiger partial charge on any atom is -0.469 e. The number of ether oxygens (including phenoxy) is 1. The van der Waals surface area contributed by atoms with E-state index in [1.807, 2.05) is 0 Å². The van der Waals surface area contributed by atoms with Gasteiger partial charge in [-0.25, -0.2) is 4.98 Å².